The zero-order chi connectivity index (χ0) is 14.8. The molecule has 2 N–H and O–H groups in total. The van der Waals surface area contributed by atoms with Crippen LogP contribution in [-0.4, -0.2) is 17.0 Å². The average Bonchev–Trinajstić information content (AvgIpc) is 2.53. The second-order valence-electron chi connectivity index (χ2n) is 4.69. The summed E-state index contributed by atoms with van der Waals surface area (Å²) in [6.07, 6.45) is 1.54. The Morgan fingerprint density at radius 1 is 1.10 bits per heavy atom. The van der Waals surface area contributed by atoms with Gasteiger partial charge in [-0.3, -0.25) is 0 Å². The SMILES string of the molecule is CN(c1ccc(C#N)cc1)c1ncnc2ccc(N)cc12. The number of fused-ring (bicyclic) bond motifs is 1. The first-order chi connectivity index (χ1) is 10.2. The van der Waals surface area contributed by atoms with E-state index in [1.807, 2.05) is 42.3 Å². The predicted molar refractivity (Wildman–Crippen MR) is 83.2 cm³/mol. The molecule has 0 atom stereocenters. The zero-order valence-electron chi connectivity index (χ0n) is 11.5. The number of hydrogen-bond acceptors (Lipinski definition) is 5. The van der Waals surface area contributed by atoms with Crippen LogP contribution in [0.5, 0.6) is 0 Å². The molecule has 5 nitrogen and oxygen atoms in total. The molecule has 0 radical (unpaired) electrons. The Morgan fingerprint density at radius 2 is 1.86 bits per heavy atom. The molecule has 0 fully saturated rings. The van der Waals surface area contributed by atoms with Crippen LogP contribution in [0.15, 0.2) is 48.8 Å². The third-order valence-corrected chi connectivity index (χ3v) is 3.34. The maximum Gasteiger partial charge on any atom is 0.144 e. The van der Waals surface area contributed by atoms with E-state index in [1.54, 1.807) is 12.1 Å². The third-order valence-electron chi connectivity index (χ3n) is 3.34. The first kappa shape index (κ1) is 12.9. The van der Waals surface area contributed by atoms with Crippen LogP contribution in [0.3, 0.4) is 0 Å². The standard InChI is InChI=1S/C16H13N5/c1-21(13-5-2-11(9-17)3-6-13)16-14-8-12(18)4-7-15(14)19-10-20-16/h2-8,10H,18H2,1H3. The molecule has 1 heterocycles. The van der Waals surface area contributed by atoms with Crippen LogP contribution in [0, 0.1) is 11.3 Å². The number of hydrogen-bond donors (Lipinski definition) is 1. The molecule has 0 spiro atoms. The van der Waals surface area contributed by atoms with Crippen molar-refractivity contribution in [2.24, 2.45) is 0 Å². The molecular weight excluding hydrogens is 262 g/mol. The van der Waals surface area contributed by atoms with Gasteiger partial charge in [0, 0.05) is 23.8 Å². The highest BCUT2D eigenvalue weighted by molar-refractivity contribution is 5.93. The Kier molecular flexibility index (Phi) is 3.13. The molecule has 102 valence electrons. The van der Waals surface area contributed by atoms with Crippen LogP contribution < -0.4 is 10.6 Å². The van der Waals surface area contributed by atoms with Crippen LogP contribution >= 0.6 is 0 Å². The first-order valence-electron chi connectivity index (χ1n) is 6.43. The number of nitriles is 1. The highest BCUT2D eigenvalue weighted by atomic mass is 15.2. The van der Waals surface area contributed by atoms with Crippen molar-refractivity contribution in [3.05, 3.63) is 54.4 Å². The van der Waals surface area contributed by atoms with Crippen LogP contribution in [0.4, 0.5) is 17.2 Å². The summed E-state index contributed by atoms with van der Waals surface area (Å²) in [7, 11) is 1.92. The number of nitrogens with zero attached hydrogens (tertiary/aromatic N) is 4. The van der Waals surface area contributed by atoms with Crippen molar-refractivity contribution in [1.29, 1.82) is 5.26 Å². The van der Waals surface area contributed by atoms with Crippen molar-refractivity contribution in [2.75, 3.05) is 17.7 Å². The number of nitrogen functional groups attached to an aromatic ring is 1. The Hall–Kier alpha value is -3.13. The van der Waals surface area contributed by atoms with Crippen molar-refractivity contribution in [3.63, 3.8) is 0 Å². The molecule has 3 aromatic rings. The summed E-state index contributed by atoms with van der Waals surface area (Å²) in [4.78, 5) is 10.6. The fraction of sp³-hybridized carbons (Fsp3) is 0.0625. The van der Waals surface area contributed by atoms with Crippen molar-refractivity contribution >= 4 is 28.1 Å². The molecule has 0 aliphatic carbocycles. The highest BCUT2D eigenvalue weighted by Gasteiger charge is 2.10. The van der Waals surface area contributed by atoms with Gasteiger partial charge in [0.1, 0.15) is 12.1 Å². The summed E-state index contributed by atoms with van der Waals surface area (Å²) >= 11 is 0. The largest absolute Gasteiger partial charge is 0.399 e. The summed E-state index contributed by atoms with van der Waals surface area (Å²) in [5.41, 5.74) is 8.94. The van der Waals surface area contributed by atoms with E-state index in [0.717, 1.165) is 22.4 Å². The van der Waals surface area contributed by atoms with Crippen LogP contribution in [-0.2, 0) is 0 Å². The Bertz CT molecular complexity index is 833. The lowest BCUT2D eigenvalue weighted by atomic mass is 10.2. The van der Waals surface area contributed by atoms with Gasteiger partial charge in [0.25, 0.3) is 0 Å². The molecule has 0 amide bonds. The van der Waals surface area contributed by atoms with E-state index < -0.39 is 0 Å². The Labute approximate surface area is 122 Å². The van der Waals surface area contributed by atoms with E-state index in [9.17, 15) is 0 Å². The third kappa shape index (κ3) is 2.35. The minimum absolute atomic E-state index is 0.629. The summed E-state index contributed by atoms with van der Waals surface area (Å²) < 4.78 is 0. The van der Waals surface area contributed by atoms with Crippen LogP contribution in [0.25, 0.3) is 10.9 Å². The van der Waals surface area contributed by atoms with Gasteiger partial charge in [-0.05, 0) is 42.5 Å². The summed E-state index contributed by atoms with van der Waals surface area (Å²) in [6, 6.07) is 15.0. The highest BCUT2D eigenvalue weighted by Crippen LogP contribution is 2.29. The van der Waals surface area contributed by atoms with Crippen molar-refractivity contribution in [1.82, 2.24) is 9.97 Å². The van der Waals surface area contributed by atoms with Gasteiger partial charge in [-0.15, -0.1) is 0 Å². The summed E-state index contributed by atoms with van der Waals surface area (Å²) in [5.74, 6) is 0.775. The molecule has 2 aromatic carbocycles. The smallest absolute Gasteiger partial charge is 0.144 e. The number of anilines is 3. The Balaban J connectivity index is 2.10. The minimum Gasteiger partial charge on any atom is -0.399 e. The van der Waals surface area contributed by atoms with Gasteiger partial charge in [-0.1, -0.05) is 0 Å². The normalized spacial score (nSPS) is 10.3. The van der Waals surface area contributed by atoms with Crippen molar-refractivity contribution in [2.45, 2.75) is 0 Å². The van der Waals surface area contributed by atoms with E-state index in [4.69, 9.17) is 11.0 Å². The molecular formula is C16H13N5. The van der Waals surface area contributed by atoms with Crippen molar-refractivity contribution < 1.29 is 0 Å². The van der Waals surface area contributed by atoms with Gasteiger partial charge in [0.15, 0.2) is 0 Å². The molecule has 5 heteroatoms. The fourth-order valence-electron chi connectivity index (χ4n) is 2.21. The number of aromatic nitrogens is 2. The number of benzene rings is 2. The lowest BCUT2D eigenvalue weighted by Crippen LogP contribution is -2.12. The zero-order valence-corrected chi connectivity index (χ0v) is 11.5. The van der Waals surface area contributed by atoms with E-state index >= 15 is 0 Å². The second kappa shape index (κ2) is 5.10. The van der Waals surface area contributed by atoms with Gasteiger partial charge in [0.2, 0.25) is 0 Å². The predicted octanol–water partition coefficient (Wildman–Crippen LogP) is 2.85. The number of rotatable bonds is 2. The fourth-order valence-corrected chi connectivity index (χ4v) is 2.21. The van der Waals surface area contributed by atoms with Crippen LogP contribution in [0.1, 0.15) is 5.56 Å². The van der Waals surface area contributed by atoms with E-state index in [1.165, 1.54) is 6.33 Å². The van der Waals surface area contributed by atoms with Gasteiger partial charge >= 0.3 is 0 Å². The monoisotopic (exact) mass is 275 g/mol. The van der Waals surface area contributed by atoms with Gasteiger partial charge < -0.3 is 10.6 Å². The molecule has 0 bridgehead atoms. The molecule has 0 aliphatic rings. The van der Waals surface area contributed by atoms with Crippen molar-refractivity contribution in [3.8, 4) is 6.07 Å². The quantitative estimate of drug-likeness (QED) is 0.727. The second-order valence-corrected chi connectivity index (χ2v) is 4.69. The Morgan fingerprint density at radius 3 is 2.57 bits per heavy atom. The molecule has 1 aromatic heterocycles. The molecule has 0 saturated heterocycles. The molecule has 3 rings (SSSR count). The van der Waals surface area contributed by atoms with Gasteiger partial charge in [0.05, 0.1) is 17.1 Å². The minimum atomic E-state index is 0.629. The van der Waals surface area contributed by atoms with Gasteiger partial charge in [-0.2, -0.15) is 5.26 Å². The van der Waals surface area contributed by atoms with Gasteiger partial charge in [-0.25, -0.2) is 9.97 Å². The lowest BCUT2D eigenvalue weighted by Gasteiger charge is -2.19. The average molecular weight is 275 g/mol. The topological polar surface area (TPSA) is 78.8 Å². The van der Waals surface area contributed by atoms with E-state index in [0.29, 0.717) is 11.3 Å². The molecule has 0 saturated carbocycles. The molecule has 0 aliphatic heterocycles. The maximum absolute atomic E-state index is 8.86. The molecule has 0 unspecified atom stereocenters. The first-order valence-corrected chi connectivity index (χ1v) is 6.43. The van der Waals surface area contributed by atoms with Crippen LogP contribution in [0.2, 0.25) is 0 Å². The number of nitrogens with two attached hydrogens (primary N) is 1. The van der Waals surface area contributed by atoms with E-state index in [2.05, 4.69) is 16.0 Å². The molecule has 21 heavy (non-hydrogen) atoms. The lowest BCUT2D eigenvalue weighted by molar-refractivity contribution is 1.11. The van der Waals surface area contributed by atoms with E-state index in [-0.39, 0.29) is 0 Å². The summed E-state index contributed by atoms with van der Waals surface area (Å²) in [6.45, 7) is 0. The maximum atomic E-state index is 8.86. The summed E-state index contributed by atoms with van der Waals surface area (Å²) in [5, 5.41) is 9.75.